The van der Waals surface area contributed by atoms with Crippen molar-refractivity contribution in [1.29, 1.82) is 0 Å². The van der Waals surface area contributed by atoms with E-state index in [0.717, 1.165) is 17.8 Å². The molecule has 2 aliphatic rings. The van der Waals surface area contributed by atoms with Crippen LogP contribution in [0.15, 0.2) is 42.6 Å². The summed E-state index contributed by atoms with van der Waals surface area (Å²) in [4.78, 5) is 26.8. The first kappa shape index (κ1) is 14.1. The van der Waals surface area contributed by atoms with Crippen LogP contribution in [-0.2, 0) is 22.5 Å². The van der Waals surface area contributed by atoms with Crippen LogP contribution in [0.3, 0.4) is 0 Å². The van der Waals surface area contributed by atoms with Gasteiger partial charge in [0.1, 0.15) is 0 Å². The van der Waals surface area contributed by atoms with Gasteiger partial charge in [0.2, 0.25) is 0 Å². The molecule has 0 radical (unpaired) electrons. The second-order valence-electron chi connectivity index (χ2n) is 6.09. The van der Waals surface area contributed by atoms with Crippen molar-refractivity contribution in [1.82, 2.24) is 9.47 Å². The van der Waals surface area contributed by atoms with Crippen LogP contribution in [0.1, 0.15) is 34.6 Å². The SMILES string of the molecule is C[C@@H]1c2cccn2CCN1C(=O)[C@@H]1Cc2ccccc2C(=O)O1. The van der Waals surface area contributed by atoms with Gasteiger partial charge in [0.25, 0.3) is 5.91 Å². The zero-order chi connectivity index (χ0) is 16.0. The predicted octanol–water partition coefficient (Wildman–Crippen LogP) is 2.17. The molecule has 0 spiro atoms. The highest BCUT2D eigenvalue weighted by molar-refractivity contribution is 5.95. The summed E-state index contributed by atoms with van der Waals surface area (Å²) in [7, 11) is 0. The van der Waals surface area contributed by atoms with Crippen molar-refractivity contribution >= 4 is 11.9 Å². The fourth-order valence-corrected chi connectivity index (χ4v) is 3.53. The summed E-state index contributed by atoms with van der Waals surface area (Å²) in [5.74, 6) is -0.508. The number of aromatic nitrogens is 1. The lowest BCUT2D eigenvalue weighted by Crippen LogP contribution is -2.48. The summed E-state index contributed by atoms with van der Waals surface area (Å²) in [5.41, 5.74) is 2.57. The third-order valence-electron chi connectivity index (χ3n) is 4.79. The number of hydrogen-bond donors (Lipinski definition) is 0. The van der Waals surface area contributed by atoms with Crippen LogP contribution >= 0.6 is 0 Å². The monoisotopic (exact) mass is 310 g/mol. The van der Waals surface area contributed by atoms with Crippen LogP contribution in [0.4, 0.5) is 0 Å². The first-order chi connectivity index (χ1) is 11.1. The van der Waals surface area contributed by atoms with Gasteiger partial charge in [-0.05, 0) is 30.7 Å². The van der Waals surface area contributed by atoms with Crippen molar-refractivity contribution in [3.05, 3.63) is 59.4 Å². The normalized spacial score (nSPS) is 23.0. The molecule has 23 heavy (non-hydrogen) atoms. The van der Waals surface area contributed by atoms with Crippen molar-refractivity contribution in [3.8, 4) is 0 Å². The van der Waals surface area contributed by atoms with Gasteiger partial charge in [-0.3, -0.25) is 4.79 Å². The molecule has 0 unspecified atom stereocenters. The van der Waals surface area contributed by atoms with Crippen LogP contribution < -0.4 is 0 Å². The Morgan fingerprint density at radius 3 is 2.87 bits per heavy atom. The second kappa shape index (κ2) is 5.26. The quantitative estimate of drug-likeness (QED) is 0.759. The fraction of sp³-hybridized carbons (Fsp3) is 0.333. The molecule has 1 aromatic heterocycles. The van der Waals surface area contributed by atoms with E-state index in [1.165, 1.54) is 0 Å². The van der Waals surface area contributed by atoms with E-state index >= 15 is 0 Å². The average Bonchev–Trinajstić information content (AvgIpc) is 3.04. The topological polar surface area (TPSA) is 51.5 Å². The van der Waals surface area contributed by atoms with Gasteiger partial charge in [-0.1, -0.05) is 18.2 Å². The molecule has 2 aliphatic heterocycles. The smallest absolute Gasteiger partial charge is 0.339 e. The summed E-state index contributed by atoms with van der Waals surface area (Å²) in [6.07, 6.45) is 1.76. The van der Waals surface area contributed by atoms with Gasteiger partial charge in [0.15, 0.2) is 6.10 Å². The van der Waals surface area contributed by atoms with E-state index in [2.05, 4.69) is 4.57 Å². The number of hydrogen-bond acceptors (Lipinski definition) is 3. The van der Waals surface area contributed by atoms with E-state index in [-0.39, 0.29) is 11.9 Å². The Kier molecular flexibility index (Phi) is 3.22. The van der Waals surface area contributed by atoms with Crippen LogP contribution in [0.25, 0.3) is 0 Å². The van der Waals surface area contributed by atoms with Crippen LogP contribution in [0.2, 0.25) is 0 Å². The number of benzene rings is 1. The van der Waals surface area contributed by atoms with Gasteiger partial charge in [-0.25, -0.2) is 4.79 Å². The Morgan fingerprint density at radius 1 is 1.17 bits per heavy atom. The molecule has 1 aromatic carbocycles. The van der Waals surface area contributed by atoms with E-state index < -0.39 is 12.1 Å². The van der Waals surface area contributed by atoms with Crippen LogP contribution in [-0.4, -0.2) is 34.0 Å². The van der Waals surface area contributed by atoms with Crippen molar-refractivity contribution in [2.45, 2.75) is 32.0 Å². The summed E-state index contributed by atoms with van der Waals surface area (Å²) in [6.45, 7) is 3.43. The standard InChI is InChI=1S/C18H18N2O3/c1-12-15-7-4-8-19(15)9-10-20(12)17(21)16-11-13-5-2-3-6-14(13)18(22)23-16/h2-8,12,16H,9-11H2,1H3/t12-,16+/m1/s1. The Morgan fingerprint density at radius 2 is 2.00 bits per heavy atom. The van der Waals surface area contributed by atoms with E-state index in [0.29, 0.717) is 18.5 Å². The Hall–Kier alpha value is -2.56. The minimum absolute atomic E-state index is 0.0119. The molecular formula is C18H18N2O3. The van der Waals surface area contributed by atoms with Crippen molar-refractivity contribution in [3.63, 3.8) is 0 Å². The lowest BCUT2D eigenvalue weighted by atomic mass is 9.97. The number of ether oxygens (including phenoxy) is 1. The van der Waals surface area contributed by atoms with Gasteiger partial charge in [0.05, 0.1) is 11.6 Å². The molecule has 118 valence electrons. The average molecular weight is 310 g/mol. The molecule has 5 nitrogen and oxygen atoms in total. The van der Waals surface area contributed by atoms with Crippen molar-refractivity contribution in [2.24, 2.45) is 0 Å². The van der Waals surface area contributed by atoms with Gasteiger partial charge >= 0.3 is 5.97 Å². The molecule has 1 amide bonds. The van der Waals surface area contributed by atoms with Gasteiger partial charge in [-0.2, -0.15) is 0 Å². The Labute approximate surface area is 134 Å². The van der Waals surface area contributed by atoms with E-state index in [4.69, 9.17) is 4.74 Å². The molecule has 0 aliphatic carbocycles. The second-order valence-corrected chi connectivity index (χ2v) is 6.09. The molecular weight excluding hydrogens is 292 g/mol. The Bertz CT molecular complexity index is 780. The molecule has 4 rings (SSSR count). The van der Waals surface area contributed by atoms with Crippen LogP contribution in [0.5, 0.6) is 0 Å². The zero-order valence-corrected chi connectivity index (χ0v) is 12.9. The first-order valence-corrected chi connectivity index (χ1v) is 7.89. The number of esters is 1. The van der Waals surface area contributed by atoms with Gasteiger partial charge < -0.3 is 14.2 Å². The lowest BCUT2D eigenvalue weighted by molar-refractivity contribution is -0.144. The maximum atomic E-state index is 12.9. The van der Waals surface area contributed by atoms with E-state index in [9.17, 15) is 9.59 Å². The number of rotatable bonds is 1. The molecule has 0 N–H and O–H groups in total. The summed E-state index contributed by atoms with van der Waals surface area (Å²) < 4.78 is 7.57. The molecule has 0 saturated heterocycles. The number of carbonyl (C=O) groups is 2. The highest BCUT2D eigenvalue weighted by Crippen LogP contribution is 2.28. The third kappa shape index (κ3) is 2.23. The first-order valence-electron chi connectivity index (χ1n) is 7.89. The third-order valence-corrected chi connectivity index (χ3v) is 4.79. The fourth-order valence-electron chi connectivity index (χ4n) is 3.53. The van der Waals surface area contributed by atoms with E-state index in [1.54, 1.807) is 6.07 Å². The highest BCUT2D eigenvalue weighted by atomic mass is 16.5. The highest BCUT2D eigenvalue weighted by Gasteiger charge is 2.37. The summed E-state index contributed by atoms with van der Waals surface area (Å²) >= 11 is 0. The minimum atomic E-state index is -0.721. The summed E-state index contributed by atoms with van der Waals surface area (Å²) in [5, 5.41) is 0. The maximum absolute atomic E-state index is 12.9. The molecule has 0 bridgehead atoms. The maximum Gasteiger partial charge on any atom is 0.339 e. The molecule has 2 aromatic rings. The predicted molar refractivity (Wildman–Crippen MR) is 83.9 cm³/mol. The van der Waals surface area contributed by atoms with E-state index in [1.807, 2.05) is 48.4 Å². The zero-order valence-electron chi connectivity index (χ0n) is 12.9. The minimum Gasteiger partial charge on any atom is -0.448 e. The molecule has 5 heteroatoms. The molecule has 2 atom stereocenters. The van der Waals surface area contributed by atoms with Crippen LogP contribution in [0, 0.1) is 0 Å². The number of amides is 1. The number of fused-ring (bicyclic) bond motifs is 2. The summed E-state index contributed by atoms with van der Waals surface area (Å²) in [6, 6.07) is 11.3. The number of nitrogens with zero attached hydrogens (tertiary/aromatic N) is 2. The Balaban J connectivity index is 1.58. The van der Waals surface area contributed by atoms with Crippen molar-refractivity contribution in [2.75, 3.05) is 6.54 Å². The lowest BCUT2D eigenvalue weighted by Gasteiger charge is -2.37. The van der Waals surface area contributed by atoms with Gasteiger partial charge in [-0.15, -0.1) is 0 Å². The number of carbonyl (C=O) groups excluding carboxylic acids is 2. The molecule has 0 saturated carbocycles. The van der Waals surface area contributed by atoms with Crippen molar-refractivity contribution < 1.29 is 14.3 Å². The number of cyclic esters (lactones) is 1. The molecule has 0 fully saturated rings. The van der Waals surface area contributed by atoms with Gasteiger partial charge in [0, 0.05) is 31.4 Å². The largest absolute Gasteiger partial charge is 0.448 e. The molecule has 3 heterocycles.